The van der Waals surface area contributed by atoms with E-state index in [1.54, 1.807) is 7.11 Å². The molecule has 1 aliphatic carbocycles. The quantitative estimate of drug-likeness (QED) is 0.548. The number of nitrogens with one attached hydrogen (secondary N) is 2. The second-order valence-electron chi connectivity index (χ2n) is 9.58. The highest BCUT2D eigenvalue weighted by atomic mass is 16.5. The Morgan fingerprint density at radius 2 is 1.78 bits per heavy atom. The van der Waals surface area contributed by atoms with Crippen molar-refractivity contribution in [2.75, 3.05) is 12.4 Å². The maximum atomic E-state index is 13.5. The molecule has 2 aromatic carbocycles. The maximum Gasteiger partial charge on any atom is 0.162 e. The van der Waals surface area contributed by atoms with Crippen LogP contribution in [-0.4, -0.2) is 23.1 Å². The molecule has 0 saturated heterocycles. The van der Waals surface area contributed by atoms with Gasteiger partial charge in [-0.25, -0.2) is 0 Å². The smallest absolute Gasteiger partial charge is 0.162 e. The number of anilines is 1. The molecule has 0 radical (unpaired) electrons. The van der Waals surface area contributed by atoms with Gasteiger partial charge in [0.25, 0.3) is 0 Å². The Labute approximate surface area is 188 Å². The first-order valence-electron chi connectivity index (χ1n) is 11.2. The zero-order valence-electron chi connectivity index (χ0n) is 19.1. The number of Topliss-reactive ketones (excluding diaryl/α,β-unsaturated/α-hetero) is 1. The summed E-state index contributed by atoms with van der Waals surface area (Å²) < 4.78 is 5.37. The lowest BCUT2D eigenvalue weighted by Crippen LogP contribution is -2.33. The molecule has 0 fully saturated rings. The Balaban J connectivity index is 1.69. The number of aromatic amines is 1. The molecule has 2 N–H and O–H groups in total. The third-order valence-electron chi connectivity index (χ3n) is 6.67. The molecular weight excluding hydrogens is 398 g/mol. The van der Waals surface area contributed by atoms with Crippen molar-refractivity contribution in [2.45, 2.75) is 46.0 Å². The molecule has 2 aliphatic rings. The van der Waals surface area contributed by atoms with Crippen molar-refractivity contribution in [3.63, 3.8) is 0 Å². The number of nitrogens with zero attached hydrogens (tertiary/aromatic N) is 1. The highest BCUT2D eigenvalue weighted by molar-refractivity contribution is 6.02. The van der Waals surface area contributed by atoms with Crippen molar-refractivity contribution in [3.8, 4) is 17.0 Å². The molecule has 1 atom stereocenters. The van der Waals surface area contributed by atoms with Crippen LogP contribution in [0.5, 0.6) is 5.75 Å². The van der Waals surface area contributed by atoms with E-state index in [0.717, 1.165) is 58.1 Å². The van der Waals surface area contributed by atoms with E-state index < -0.39 is 0 Å². The predicted molar refractivity (Wildman–Crippen MR) is 127 cm³/mol. The standard InChI is InChI=1S/C27H29N3O2/c1-5-16-6-8-18(9-7-16)25-24-22(17-10-12-19(32-4)13-11-17)23-20(28-26(24)30-29-25)14-27(2,3)15-21(23)31/h6-13,22H,5,14-15H2,1-4H3,(H2,28,29,30). The van der Waals surface area contributed by atoms with Gasteiger partial charge in [-0.15, -0.1) is 0 Å². The van der Waals surface area contributed by atoms with Crippen LogP contribution < -0.4 is 10.1 Å². The molecule has 0 amide bonds. The molecule has 2 heterocycles. The van der Waals surface area contributed by atoms with Crippen LogP contribution in [-0.2, 0) is 11.2 Å². The van der Waals surface area contributed by atoms with E-state index in [4.69, 9.17) is 4.74 Å². The Bertz CT molecular complexity index is 1200. The fourth-order valence-electron chi connectivity index (χ4n) is 5.05. The van der Waals surface area contributed by atoms with Crippen molar-refractivity contribution in [3.05, 3.63) is 76.5 Å². The monoisotopic (exact) mass is 427 g/mol. The fraction of sp³-hybridized carbons (Fsp3) is 0.333. The molecule has 1 aromatic heterocycles. The molecule has 164 valence electrons. The Kier molecular flexibility index (Phi) is 4.92. The number of H-pyrrole nitrogens is 1. The number of hydrogen-bond acceptors (Lipinski definition) is 4. The third kappa shape index (κ3) is 3.42. The molecule has 3 aromatic rings. The summed E-state index contributed by atoms with van der Waals surface area (Å²) in [4.78, 5) is 13.5. The van der Waals surface area contributed by atoms with Gasteiger partial charge in [-0.1, -0.05) is 57.2 Å². The summed E-state index contributed by atoms with van der Waals surface area (Å²) in [7, 11) is 1.67. The number of ether oxygens (including phenoxy) is 1. The number of rotatable bonds is 4. The average Bonchev–Trinajstić information content (AvgIpc) is 3.20. The average molecular weight is 428 g/mol. The Hall–Kier alpha value is -3.34. The minimum absolute atomic E-state index is 0.0694. The number of benzene rings is 2. The van der Waals surface area contributed by atoms with Gasteiger partial charge in [-0.2, -0.15) is 5.10 Å². The molecular formula is C27H29N3O2. The van der Waals surface area contributed by atoms with Crippen molar-refractivity contribution in [2.24, 2.45) is 5.41 Å². The van der Waals surface area contributed by atoms with Gasteiger partial charge >= 0.3 is 0 Å². The highest BCUT2D eigenvalue weighted by Gasteiger charge is 2.42. The molecule has 0 bridgehead atoms. The summed E-state index contributed by atoms with van der Waals surface area (Å²) >= 11 is 0. The van der Waals surface area contributed by atoms with Gasteiger partial charge in [-0.3, -0.25) is 9.89 Å². The van der Waals surface area contributed by atoms with E-state index in [1.165, 1.54) is 5.56 Å². The second kappa shape index (κ2) is 7.66. The summed E-state index contributed by atoms with van der Waals surface area (Å²) in [6.45, 7) is 6.46. The van der Waals surface area contributed by atoms with Crippen LogP contribution in [0.25, 0.3) is 11.3 Å². The van der Waals surface area contributed by atoms with E-state index in [-0.39, 0.29) is 17.1 Å². The van der Waals surface area contributed by atoms with E-state index in [9.17, 15) is 4.79 Å². The topological polar surface area (TPSA) is 67.0 Å². The number of fused-ring (bicyclic) bond motifs is 1. The number of ketones is 1. The molecule has 32 heavy (non-hydrogen) atoms. The van der Waals surface area contributed by atoms with E-state index >= 15 is 0 Å². The van der Waals surface area contributed by atoms with Crippen LogP contribution in [0.1, 0.15) is 56.2 Å². The first-order valence-corrected chi connectivity index (χ1v) is 11.2. The van der Waals surface area contributed by atoms with Crippen LogP contribution in [0.2, 0.25) is 0 Å². The molecule has 1 aliphatic heterocycles. The van der Waals surface area contributed by atoms with Gasteiger partial charge in [0, 0.05) is 29.2 Å². The number of allylic oxidation sites excluding steroid dienone is 2. The highest BCUT2D eigenvalue weighted by Crippen LogP contribution is 2.51. The molecule has 5 nitrogen and oxygen atoms in total. The summed E-state index contributed by atoms with van der Waals surface area (Å²) in [5.41, 5.74) is 7.23. The number of methoxy groups -OCH3 is 1. The van der Waals surface area contributed by atoms with E-state index in [0.29, 0.717) is 6.42 Å². The zero-order valence-corrected chi connectivity index (χ0v) is 19.1. The Morgan fingerprint density at radius 1 is 1.06 bits per heavy atom. The molecule has 1 unspecified atom stereocenters. The minimum atomic E-state index is -0.171. The predicted octanol–water partition coefficient (Wildman–Crippen LogP) is 5.85. The normalized spacial score (nSPS) is 19.2. The van der Waals surface area contributed by atoms with Gasteiger partial charge < -0.3 is 10.1 Å². The lowest BCUT2D eigenvalue weighted by atomic mass is 9.69. The number of aryl methyl sites for hydroxylation is 1. The molecule has 5 rings (SSSR count). The van der Waals surface area contributed by atoms with Crippen LogP contribution >= 0.6 is 0 Å². The van der Waals surface area contributed by atoms with Gasteiger partial charge in [0.1, 0.15) is 5.75 Å². The van der Waals surface area contributed by atoms with Gasteiger partial charge in [-0.05, 0) is 47.1 Å². The summed E-state index contributed by atoms with van der Waals surface area (Å²) in [5, 5.41) is 11.4. The van der Waals surface area contributed by atoms with E-state index in [2.05, 4.69) is 72.7 Å². The van der Waals surface area contributed by atoms with Crippen LogP contribution in [0, 0.1) is 5.41 Å². The maximum absolute atomic E-state index is 13.5. The van der Waals surface area contributed by atoms with Crippen molar-refractivity contribution in [1.82, 2.24) is 10.2 Å². The first-order chi connectivity index (χ1) is 15.4. The van der Waals surface area contributed by atoms with Gasteiger partial charge in [0.2, 0.25) is 0 Å². The van der Waals surface area contributed by atoms with E-state index in [1.807, 2.05) is 12.1 Å². The fourth-order valence-corrected chi connectivity index (χ4v) is 5.05. The van der Waals surface area contributed by atoms with Crippen molar-refractivity contribution >= 4 is 11.6 Å². The zero-order chi connectivity index (χ0) is 22.5. The summed E-state index contributed by atoms with van der Waals surface area (Å²) in [6, 6.07) is 16.6. The van der Waals surface area contributed by atoms with Crippen molar-refractivity contribution in [1.29, 1.82) is 0 Å². The number of carbonyl (C=O) groups is 1. The van der Waals surface area contributed by atoms with Gasteiger partial charge in [0.15, 0.2) is 11.6 Å². The molecule has 5 heteroatoms. The van der Waals surface area contributed by atoms with Crippen LogP contribution in [0.4, 0.5) is 5.82 Å². The van der Waals surface area contributed by atoms with Crippen molar-refractivity contribution < 1.29 is 9.53 Å². The molecule has 0 saturated carbocycles. The lowest BCUT2D eigenvalue weighted by molar-refractivity contribution is -0.118. The largest absolute Gasteiger partial charge is 0.497 e. The second-order valence-corrected chi connectivity index (χ2v) is 9.58. The molecule has 0 spiro atoms. The minimum Gasteiger partial charge on any atom is -0.497 e. The first kappa shape index (κ1) is 20.6. The third-order valence-corrected chi connectivity index (χ3v) is 6.67. The van der Waals surface area contributed by atoms with Gasteiger partial charge in [0.05, 0.1) is 12.8 Å². The van der Waals surface area contributed by atoms with Crippen LogP contribution in [0.3, 0.4) is 0 Å². The lowest BCUT2D eigenvalue weighted by Gasteiger charge is -2.38. The number of carbonyl (C=O) groups excluding carboxylic acids is 1. The SMILES string of the molecule is CCc1ccc(-c2[nH]nc3c2C(c2ccc(OC)cc2)C2=C(CC(C)(C)CC2=O)N3)cc1. The summed E-state index contributed by atoms with van der Waals surface area (Å²) in [5.74, 6) is 1.65. The summed E-state index contributed by atoms with van der Waals surface area (Å²) in [6.07, 6.45) is 2.37. The van der Waals surface area contributed by atoms with Crippen LogP contribution in [0.15, 0.2) is 59.8 Å². The number of aromatic nitrogens is 2. The Morgan fingerprint density at radius 3 is 2.44 bits per heavy atom. The number of hydrogen-bond donors (Lipinski definition) is 2.